The van der Waals surface area contributed by atoms with Crippen molar-refractivity contribution in [3.05, 3.63) is 0 Å². The Bertz CT molecular complexity index is 206. The molecule has 5 heteroatoms. The van der Waals surface area contributed by atoms with E-state index in [1.165, 1.54) is 4.90 Å². The van der Waals surface area contributed by atoms with Crippen LogP contribution in [0.25, 0.3) is 0 Å². The molecule has 0 saturated heterocycles. The third kappa shape index (κ3) is 5.37. The Hall–Kier alpha value is -1.10. The summed E-state index contributed by atoms with van der Waals surface area (Å²) >= 11 is 0. The topological polar surface area (TPSA) is 66.8 Å². The molecule has 0 aromatic heterocycles. The largest absolute Gasteiger partial charge is 0.459 e. The van der Waals surface area contributed by atoms with Crippen molar-refractivity contribution >= 4 is 11.9 Å². The molecule has 88 valence electrons. The summed E-state index contributed by atoms with van der Waals surface area (Å²) in [7, 11) is 0. The summed E-state index contributed by atoms with van der Waals surface area (Å²) in [6, 6.07) is 0. The smallest absolute Gasteiger partial charge is 0.397 e. The van der Waals surface area contributed by atoms with E-state index in [-0.39, 0.29) is 19.8 Å². The predicted molar refractivity (Wildman–Crippen MR) is 55.2 cm³/mol. The molecule has 0 aliphatic heterocycles. The molecule has 0 aromatic carbocycles. The van der Waals surface area contributed by atoms with Gasteiger partial charge in [-0.05, 0) is 13.3 Å². The predicted octanol–water partition coefficient (Wildman–Crippen LogP) is 0.171. The molecule has 0 rings (SSSR count). The van der Waals surface area contributed by atoms with E-state index in [9.17, 15) is 9.59 Å². The van der Waals surface area contributed by atoms with Gasteiger partial charge in [-0.25, -0.2) is 4.79 Å². The van der Waals surface area contributed by atoms with Crippen LogP contribution >= 0.6 is 0 Å². The Labute approximate surface area is 90.0 Å². The maximum Gasteiger partial charge on any atom is 0.397 e. The minimum absolute atomic E-state index is 0.144. The normalized spacial score (nSPS) is 9.80. The molecule has 1 amide bonds. The summed E-state index contributed by atoms with van der Waals surface area (Å²) in [5.41, 5.74) is 0. The average Bonchev–Trinajstić information content (AvgIpc) is 2.23. The van der Waals surface area contributed by atoms with Gasteiger partial charge in [0, 0.05) is 13.1 Å². The first-order valence-electron chi connectivity index (χ1n) is 5.24. The van der Waals surface area contributed by atoms with Gasteiger partial charge in [0.2, 0.25) is 0 Å². The molecule has 0 unspecified atom stereocenters. The average molecular weight is 217 g/mol. The fraction of sp³-hybridized carbons (Fsp3) is 0.800. The van der Waals surface area contributed by atoms with Gasteiger partial charge in [-0.1, -0.05) is 13.3 Å². The number of hydrogen-bond donors (Lipinski definition) is 1. The number of aliphatic hydroxyl groups excluding tert-OH is 1. The number of carbonyl (C=O) groups is 2. The lowest BCUT2D eigenvalue weighted by Gasteiger charge is -2.19. The van der Waals surface area contributed by atoms with Crippen LogP contribution in [0, 0.1) is 0 Å². The first-order chi connectivity index (χ1) is 7.17. The molecular weight excluding hydrogens is 198 g/mol. The molecule has 0 spiro atoms. The first-order valence-corrected chi connectivity index (χ1v) is 5.24. The SMILES string of the molecule is CCCCN(CCO)C(=O)C(=O)OCC. The molecular formula is C10H19NO4. The van der Waals surface area contributed by atoms with Gasteiger partial charge in [0.15, 0.2) is 0 Å². The van der Waals surface area contributed by atoms with Gasteiger partial charge in [0.05, 0.1) is 13.2 Å². The molecule has 0 saturated carbocycles. The molecule has 5 nitrogen and oxygen atoms in total. The van der Waals surface area contributed by atoms with Crippen LogP contribution in [0.3, 0.4) is 0 Å². The van der Waals surface area contributed by atoms with E-state index in [0.29, 0.717) is 6.54 Å². The standard InChI is InChI=1S/C10H19NO4/c1-3-5-6-11(7-8-12)9(13)10(14)15-4-2/h12H,3-8H2,1-2H3. The van der Waals surface area contributed by atoms with Crippen molar-refractivity contribution in [1.29, 1.82) is 0 Å². The number of carbonyl (C=O) groups excluding carboxylic acids is 2. The van der Waals surface area contributed by atoms with Gasteiger partial charge in [0.1, 0.15) is 0 Å². The zero-order valence-electron chi connectivity index (χ0n) is 9.36. The first kappa shape index (κ1) is 13.9. The lowest BCUT2D eigenvalue weighted by Crippen LogP contribution is -2.40. The summed E-state index contributed by atoms with van der Waals surface area (Å²) in [6.07, 6.45) is 1.74. The van der Waals surface area contributed by atoms with Crippen LogP contribution < -0.4 is 0 Å². The summed E-state index contributed by atoms with van der Waals surface area (Å²) in [4.78, 5) is 23.9. The highest BCUT2D eigenvalue weighted by atomic mass is 16.5. The maximum absolute atomic E-state index is 11.5. The summed E-state index contributed by atoms with van der Waals surface area (Å²) < 4.78 is 4.60. The molecule has 0 bridgehead atoms. The van der Waals surface area contributed by atoms with E-state index in [2.05, 4.69) is 4.74 Å². The van der Waals surface area contributed by atoms with Crippen LogP contribution in [-0.2, 0) is 14.3 Å². The number of amides is 1. The molecule has 0 aliphatic carbocycles. The fourth-order valence-corrected chi connectivity index (χ4v) is 1.11. The van der Waals surface area contributed by atoms with Gasteiger partial charge in [-0.3, -0.25) is 4.79 Å². The van der Waals surface area contributed by atoms with Crippen LogP contribution in [0.5, 0.6) is 0 Å². The molecule has 0 radical (unpaired) electrons. The van der Waals surface area contributed by atoms with Crippen molar-refractivity contribution in [3.63, 3.8) is 0 Å². The number of nitrogens with zero attached hydrogens (tertiary/aromatic N) is 1. The van der Waals surface area contributed by atoms with Crippen molar-refractivity contribution in [1.82, 2.24) is 4.90 Å². The molecule has 1 N–H and O–H groups in total. The van der Waals surface area contributed by atoms with E-state index >= 15 is 0 Å². The molecule has 0 atom stereocenters. The highest BCUT2D eigenvalue weighted by Crippen LogP contribution is 1.97. The lowest BCUT2D eigenvalue weighted by molar-refractivity contribution is -0.160. The minimum atomic E-state index is -0.845. The number of rotatable bonds is 6. The van der Waals surface area contributed by atoms with Crippen molar-refractivity contribution in [2.45, 2.75) is 26.7 Å². The van der Waals surface area contributed by atoms with Crippen LogP contribution in [0.15, 0.2) is 0 Å². The quantitative estimate of drug-likeness (QED) is 0.509. The van der Waals surface area contributed by atoms with Crippen molar-refractivity contribution in [2.75, 3.05) is 26.3 Å². The summed E-state index contributed by atoms with van der Waals surface area (Å²) in [5.74, 6) is -1.51. The Morgan fingerprint density at radius 3 is 2.40 bits per heavy atom. The molecule has 0 aromatic rings. The number of hydrogen-bond acceptors (Lipinski definition) is 4. The second-order valence-corrected chi connectivity index (χ2v) is 3.09. The Morgan fingerprint density at radius 2 is 1.93 bits per heavy atom. The lowest BCUT2D eigenvalue weighted by atomic mass is 10.3. The van der Waals surface area contributed by atoms with E-state index < -0.39 is 11.9 Å². The number of aliphatic hydroxyl groups is 1. The van der Waals surface area contributed by atoms with Gasteiger partial charge >= 0.3 is 11.9 Å². The third-order valence-corrected chi connectivity index (χ3v) is 1.89. The monoisotopic (exact) mass is 217 g/mol. The van der Waals surface area contributed by atoms with Crippen molar-refractivity contribution in [3.8, 4) is 0 Å². The Balaban J connectivity index is 4.20. The summed E-state index contributed by atoms with van der Waals surface area (Å²) in [6.45, 7) is 4.34. The van der Waals surface area contributed by atoms with Gasteiger partial charge in [-0.15, -0.1) is 0 Å². The molecule has 15 heavy (non-hydrogen) atoms. The van der Waals surface area contributed by atoms with E-state index in [0.717, 1.165) is 12.8 Å². The number of esters is 1. The summed E-state index contributed by atoms with van der Waals surface area (Å²) in [5, 5.41) is 8.75. The fourth-order valence-electron chi connectivity index (χ4n) is 1.11. The van der Waals surface area contributed by atoms with Gasteiger partial charge in [-0.2, -0.15) is 0 Å². The van der Waals surface area contributed by atoms with Crippen LogP contribution in [-0.4, -0.2) is 48.2 Å². The zero-order chi connectivity index (χ0) is 11.7. The minimum Gasteiger partial charge on any atom is -0.459 e. The molecule has 0 fully saturated rings. The van der Waals surface area contributed by atoms with E-state index in [1.807, 2.05) is 6.92 Å². The number of ether oxygens (including phenoxy) is 1. The maximum atomic E-state index is 11.5. The molecule has 0 heterocycles. The second-order valence-electron chi connectivity index (χ2n) is 3.09. The number of unbranched alkanes of at least 4 members (excludes halogenated alkanes) is 1. The van der Waals surface area contributed by atoms with Gasteiger partial charge in [0.25, 0.3) is 0 Å². The molecule has 0 aliphatic rings. The van der Waals surface area contributed by atoms with E-state index in [4.69, 9.17) is 5.11 Å². The van der Waals surface area contributed by atoms with Crippen molar-refractivity contribution < 1.29 is 19.4 Å². The zero-order valence-corrected chi connectivity index (χ0v) is 9.36. The van der Waals surface area contributed by atoms with Crippen LogP contribution in [0.4, 0.5) is 0 Å². The van der Waals surface area contributed by atoms with E-state index in [1.54, 1.807) is 6.92 Å². The van der Waals surface area contributed by atoms with Gasteiger partial charge < -0.3 is 14.7 Å². The second kappa shape index (κ2) is 8.23. The highest BCUT2D eigenvalue weighted by molar-refractivity contribution is 6.32. The van der Waals surface area contributed by atoms with Crippen molar-refractivity contribution in [2.24, 2.45) is 0 Å². The van der Waals surface area contributed by atoms with Crippen LogP contribution in [0.2, 0.25) is 0 Å². The van der Waals surface area contributed by atoms with Crippen LogP contribution in [0.1, 0.15) is 26.7 Å². The third-order valence-electron chi connectivity index (χ3n) is 1.89. The Kier molecular flexibility index (Phi) is 7.62. The Morgan fingerprint density at radius 1 is 1.27 bits per heavy atom. The highest BCUT2D eigenvalue weighted by Gasteiger charge is 2.21.